The number of allylic oxidation sites excluding steroid dienone is 20. The Morgan fingerprint density at radius 3 is 1.71 bits per heavy atom. The maximum atomic E-state index is 13.1. The minimum atomic E-state index is -1.01. The van der Waals surface area contributed by atoms with Crippen LogP contribution in [0.25, 0.3) is 0 Å². The van der Waals surface area contributed by atoms with Gasteiger partial charge in [-0.1, -0.05) is 153 Å². The fraction of sp³-hybridized carbons (Fsp3) is 0.417. The van der Waals surface area contributed by atoms with E-state index < -0.39 is 46.7 Å². The molecular weight excluding hydrogens is 785 g/mol. The van der Waals surface area contributed by atoms with E-state index in [1.165, 1.54) is 5.57 Å². The number of carbonyl (C=O) groups excluding carboxylic acids is 5. The lowest BCUT2D eigenvalue weighted by atomic mass is 9.71. The van der Waals surface area contributed by atoms with Gasteiger partial charge in [-0.3, -0.25) is 28.8 Å². The molecule has 2 atom stereocenters. The van der Waals surface area contributed by atoms with Gasteiger partial charge in [0.2, 0.25) is 5.78 Å². The summed E-state index contributed by atoms with van der Waals surface area (Å²) in [6.45, 7) is 20.1. The molecule has 2 unspecified atom stereocenters. The lowest BCUT2D eigenvalue weighted by molar-refractivity contribution is -0.153. The minimum Gasteiger partial charge on any atom is -0.481 e. The third kappa shape index (κ3) is 18.0. The van der Waals surface area contributed by atoms with E-state index in [1.807, 2.05) is 121 Å². The summed E-state index contributed by atoms with van der Waals surface area (Å²) < 4.78 is 11.0. The van der Waals surface area contributed by atoms with Crippen LogP contribution < -0.4 is 0 Å². The number of ether oxygens (including phenoxy) is 2. The second-order valence-electron chi connectivity index (χ2n) is 16.3. The quantitative estimate of drug-likeness (QED) is 0.0424. The summed E-state index contributed by atoms with van der Waals surface area (Å²) in [7, 11) is 0. The van der Waals surface area contributed by atoms with Gasteiger partial charge in [-0.05, 0) is 75.5 Å². The molecule has 0 aromatic rings. The summed E-state index contributed by atoms with van der Waals surface area (Å²) in [5, 5.41) is 7.83. The van der Waals surface area contributed by atoms with E-state index >= 15 is 0 Å². The molecule has 11 heteroatoms. The third-order valence-electron chi connectivity index (χ3n) is 9.80. The first-order valence-electron chi connectivity index (χ1n) is 19.5. The molecule has 318 valence electrons. The highest BCUT2D eigenvalue weighted by Crippen LogP contribution is 2.43. The highest BCUT2D eigenvalue weighted by Gasteiger charge is 2.40. The summed E-state index contributed by atoms with van der Waals surface area (Å²) in [5.74, 6) is -3.73. The lowest BCUT2D eigenvalue weighted by Crippen LogP contribution is -2.39. The van der Waals surface area contributed by atoms with E-state index in [0.717, 1.165) is 45.2 Å². The van der Waals surface area contributed by atoms with E-state index in [-0.39, 0.29) is 28.8 Å². The number of thioether (sulfide) groups is 1. The van der Waals surface area contributed by atoms with Crippen LogP contribution in [0.4, 0.5) is 0 Å². The van der Waals surface area contributed by atoms with Crippen LogP contribution in [0.2, 0.25) is 0 Å². The number of thiol groups is 1. The topological polar surface area (TPSA) is 141 Å². The van der Waals surface area contributed by atoms with Crippen LogP contribution in [-0.4, -0.2) is 63.4 Å². The molecule has 2 aliphatic carbocycles. The van der Waals surface area contributed by atoms with Crippen LogP contribution in [0.1, 0.15) is 94.9 Å². The number of hydrogen-bond acceptors (Lipinski definition) is 9. The van der Waals surface area contributed by atoms with Crippen molar-refractivity contribution in [1.82, 2.24) is 0 Å². The van der Waals surface area contributed by atoms with E-state index in [1.54, 1.807) is 6.92 Å². The number of rotatable bonds is 19. The number of aliphatic carboxylic acids is 1. The Labute approximate surface area is 360 Å². The number of carbonyl (C=O) groups is 6. The monoisotopic (exact) mass is 844 g/mol. The van der Waals surface area contributed by atoms with Crippen molar-refractivity contribution in [2.24, 2.45) is 10.8 Å². The van der Waals surface area contributed by atoms with Gasteiger partial charge in [0.1, 0.15) is 12.5 Å². The van der Waals surface area contributed by atoms with Crippen molar-refractivity contribution in [1.29, 1.82) is 0 Å². The van der Waals surface area contributed by atoms with Crippen molar-refractivity contribution in [2.75, 3.05) is 11.5 Å². The molecule has 0 aliphatic heterocycles. The average molecular weight is 845 g/mol. The molecule has 0 radical (unpaired) electrons. The maximum Gasteiger partial charge on any atom is 0.316 e. The Bertz CT molecular complexity index is 1990. The van der Waals surface area contributed by atoms with Gasteiger partial charge in [-0.2, -0.15) is 0 Å². The first kappa shape index (κ1) is 50.4. The molecule has 0 bridgehead atoms. The molecule has 2 aliphatic rings. The van der Waals surface area contributed by atoms with Crippen molar-refractivity contribution < 1.29 is 43.3 Å². The summed E-state index contributed by atoms with van der Waals surface area (Å²) >= 11 is 4.42. The van der Waals surface area contributed by atoms with Gasteiger partial charge in [0.25, 0.3) is 5.12 Å². The number of carboxylic acids is 1. The molecule has 0 heterocycles. The lowest BCUT2D eigenvalue weighted by Gasteiger charge is -2.37. The molecule has 0 saturated carbocycles. The number of ketones is 2. The number of carboxylic acid groups (broad SMARTS) is 1. The van der Waals surface area contributed by atoms with E-state index in [2.05, 4.69) is 38.6 Å². The molecular formula is C48H60O9S2. The van der Waals surface area contributed by atoms with Gasteiger partial charge in [0.05, 0.1) is 11.5 Å². The second-order valence-corrected chi connectivity index (χ2v) is 17.7. The molecule has 2 rings (SSSR count). The maximum absolute atomic E-state index is 13.1. The summed E-state index contributed by atoms with van der Waals surface area (Å²) in [4.78, 5) is 70.7. The highest BCUT2D eigenvalue weighted by atomic mass is 32.2. The van der Waals surface area contributed by atoms with E-state index in [4.69, 9.17) is 14.6 Å². The summed E-state index contributed by atoms with van der Waals surface area (Å²) in [5.41, 5.74) is 7.32. The molecule has 0 aromatic carbocycles. The smallest absolute Gasteiger partial charge is 0.316 e. The first-order chi connectivity index (χ1) is 27.5. The Kier molecular flexibility index (Phi) is 20.3. The molecule has 1 N–H and O–H groups in total. The van der Waals surface area contributed by atoms with Crippen molar-refractivity contribution in [3.05, 3.63) is 130 Å². The van der Waals surface area contributed by atoms with Gasteiger partial charge in [0.15, 0.2) is 11.9 Å². The highest BCUT2D eigenvalue weighted by molar-refractivity contribution is 8.00. The van der Waals surface area contributed by atoms with Gasteiger partial charge >= 0.3 is 17.9 Å². The number of hydrogen-bond donors (Lipinski definition) is 2. The van der Waals surface area contributed by atoms with Gasteiger partial charge in [-0.25, -0.2) is 0 Å². The summed E-state index contributed by atoms with van der Waals surface area (Å²) in [6.07, 6.45) is 27.9. The van der Waals surface area contributed by atoms with E-state index in [0.29, 0.717) is 24.8 Å². The molecule has 0 spiro atoms. The molecule has 59 heavy (non-hydrogen) atoms. The minimum absolute atomic E-state index is 0.119. The van der Waals surface area contributed by atoms with Crippen LogP contribution >= 0.6 is 24.4 Å². The fourth-order valence-electron chi connectivity index (χ4n) is 6.84. The second kappa shape index (κ2) is 23.7. The Balaban J connectivity index is 1.94. The zero-order chi connectivity index (χ0) is 44.5. The Hall–Kier alpha value is -4.74. The Morgan fingerprint density at radius 1 is 0.712 bits per heavy atom. The zero-order valence-electron chi connectivity index (χ0n) is 36.0. The van der Waals surface area contributed by atoms with Gasteiger partial charge in [-0.15, -0.1) is 11.8 Å². The van der Waals surface area contributed by atoms with Crippen LogP contribution in [0.3, 0.4) is 0 Å². The van der Waals surface area contributed by atoms with Crippen molar-refractivity contribution >= 4 is 59.0 Å². The molecule has 0 amide bonds. The predicted molar refractivity (Wildman–Crippen MR) is 241 cm³/mol. The number of Topliss-reactive ketones (excluding diaryl/α,β-unsaturated/α-hetero) is 2. The molecule has 0 fully saturated rings. The van der Waals surface area contributed by atoms with Crippen LogP contribution in [-0.2, 0) is 38.2 Å². The fourth-order valence-corrected chi connectivity index (χ4v) is 7.43. The molecule has 0 saturated heterocycles. The van der Waals surface area contributed by atoms with E-state index in [9.17, 15) is 28.8 Å². The van der Waals surface area contributed by atoms with Crippen LogP contribution in [0, 0.1) is 10.8 Å². The van der Waals surface area contributed by atoms with Crippen LogP contribution in [0.15, 0.2) is 130 Å². The normalized spacial score (nSPS) is 20.8. The average Bonchev–Trinajstić information content (AvgIpc) is 3.11. The van der Waals surface area contributed by atoms with Crippen molar-refractivity contribution in [3.63, 3.8) is 0 Å². The zero-order valence-corrected chi connectivity index (χ0v) is 37.8. The molecule has 0 aromatic heterocycles. The van der Waals surface area contributed by atoms with Gasteiger partial charge in [0, 0.05) is 12.8 Å². The number of esters is 2. The van der Waals surface area contributed by atoms with Crippen molar-refractivity contribution in [3.8, 4) is 0 Å². The van der Waals surface area contributed by atoms with Crippen LogP contribution in [0.5, 0.6) is 0 Å². The molecule has 9 nitrogen and oxygen atoms in total. The first-order valence-corrected chi connectivity index (χ1v) is 21.1. The SMILES string of the molecule is CC(C=CC=C(C)C=CC1=C(C)CC(OC(=O)CC(=O)C(=O)S)CC1(C)C)=CC=CC=C(C)C=CC=C(C)C=CC1=C(C)C(=O)C(OC(=O)CSCC(=O)O)CC1(C)C. The predicted octanol–water partition coefficient (Wildman–Crippen LogP) is 10.1. The van der Waals surface area contributed by atoms with Crippen molar-refractivity contribution in [2.45, 2.75) is 107 Å². The standard InChI is InChI=1S/C48H60O9S2/c1-31(17-13-19-33(3)21-23-38-35(5)25-37(27-47(38,7)8)56-43(52)26-40(49)46(55)58)15-11-12-16-32(2)18-14-20-34(4)22-24-39-36(6)45(54)41(28-48(39,9)10)57-44(53)30-59-29-42(50)51/h11-24,37,41H,25-30H2,1-10H3,(H,50,51)(H,55,58). The largest absolute Gasteiger partial charge is 0.481 e. The Morgan fingerprint density at radius 2 is 1.20 bits per heavy atom. The van der Waals surface area contributed by atoms with Gasteiger partial charge < -0.3 is 14.6 Å². The summed E-state index contributed by atoms with van der Waals surface area (Å²) in [6, 6.07) is 0. The third-order valence-corrected chi connectivity index (χ3v) is 10.9.